The first-order valence-electron chi connectivity index (χ1n) is 8.09. The van der Waals surface area contributed by atoms with Gasteiger partial charge in [0.25, 0.3) is 0 Å². The number of carbonyl (C=O) groups is 1. The van der Waals surface area contributed by atoms with Gasteiger partial charge in [-0.15, -0.1) is 0 Å². The summed E-state index contributed by atoms with van der Waals surface area (Å²) in [4.78, 5) is 14.3. The van der Waals surface area contributed by atoms with Crippen LogP contribution in [0.15, 0.2) is 29.2 Å². The zero-order chi connectivity index (χ0) is 17.7. The summed E-state index contributed by atoms with van der Waals surface area (Å²) < 4.78 is 22.7. The number of hydrogen-bond donors (Lipinski definition) is 3. The van der Waals surface area contributed by atoms with Crippen molar-refractivity contribution in [2.24, 2.45) is 5.14 Å². The number of likely N-dealkylation sites (tertiary alicyclic amines) is 1. The summed E-state index contributed by atoms with van der Waals surface area (Å²) in [5, 5.41) is 17.6. The SMILES string of the molecule is CC(NC(=O)CCc1cccc(S(N)(=O)=O)c1)N1CCC(O)CC1. The molecule has 4 N–H and O–H groups in total. The van der Waals surface area contributed by atoms with Crippen LogP contribution in [0, 0.1) is 0 Å². The zero-order valence-corrected chi connectivity index (χ0v) is 14.6. The van der Waals surface area contributed by atoms with E-state index in [0.717, 1.165) is 31.5 Å². The highest BCUT2D eigenvalue weighted by Crippen LogP contribution is 2.13. The van der Waals surface area contributed by atoms with E-state index in [1.54, 1.807) is 12.1 Å². The Morgan fingerprint density at radius 3 is 2.71 bits per heavy atom. The fraction of sp³-hybridized carbons (Fsp3) is 0.562. The third kappa shape index (κ3) is 5.55. The van der Waals surface area contributed by atoms with Gasteiger partial charge in [0, 0.05) is 19.5 Å². The van der Waals surface area contributed by atoms with Gasteiger partial charge in [-0.05, 0) is 43.9 Å². The molecule has 0 radical (unpaired) electrons. The van der Waals surface area contributed by atoms with Crippen LogP contribution in [-0.2, 0) is 21.2 Å². The normalized spacial score (nSPS) is 18.3. The maximum atomic E-state index is 12.1. The standard InChI is InChI=1S/C16H25N3O4S/c1-12(19-9-7-14(20)8-10-19)18-16(21)6-5-13-3-2-4-15(11-13)24(17,22)23/h2-4,11-12,14,20H,5-10H2,1H3,(H,18,21)(H2,17,22,23). The Kier molecular flexibility index (Phi) is 6.34. The highest BCUT2D eigenvalue weighted by atomic mass is 32.2. The van der Waals surface area contributed by atoms with E-state index >= 15 is 0 Å². The third-order valence-corrected chi connectivity index (χ3v) is 5.20. The van der Waals surface area contributed by atoms with Crippen molar-refractivity contribution in [1.29, 1.82) is 0 Å². The minimum absolute atomic E-state index is 0.0562. The van der Waals surface area contributed by atoms with Gasteiger partial charge >= 0.3 is 0 Å². The van der Waals surface area contributed by atoms with Crippen molar-refractivity contribution in [3.8, 4) is 0 Å². The highest BCUT2D eigenvalue weighted by molar-refractivity contribution is 7.89. The summed E-state index contributed by atoms with van der Waals surface area (Å²) in [6, 6.07) is 6.33. The van der Waals surface area contributed by atoms with Crippen LogP contribution in [0.5, 0.6) is 0 Å². The van der Waals surface area contributed by atoms with E-state index < -0.39 is 10.0 Å². The molecule has 1 unspecified atom stereocenters. The van der Waals surface area contributed by atoms with Gasteiger partial charge in [0.05, 0.1) is 17.2 Å². The topological polar surface area (TPSA) is 113 Å². The van der Waals surface area contributed by atoms with Crippen molar-refractivity contribution in [2.45, 2.75) is 49.8 Å². The number of rotatable bonds is 6. The molecule has 0 aromatic heterocycles. The summed E-state index contributed by atoms with van der Waals surface area (Å²) in [5.74, 6) is -0.0883. The molecule has 0 saturated carbocycles. The molecule has 8 heteroatoms. The van der Waals surface area contributed by atoms with Gasteiger partial charge < -0.3 is 10.4 Å². The number of primary sulfonamides is 1. The molecule has 1 aromatic carbocycles. The van der Waals surface area contributed by atoms with Crippen LogP contribution in [0.1, 0.15) is 31.7 Å². The molecule has 1 fully saturated rings. The van der Waals surface area contributed by atoms with E-state index in [9.17, 15) is 18.3 Å². The second-order valence-electron chi connectivity index (χ2n) is 6.20. The fourth-order valence-electron chi connectivity index (χ4n) is 2.81. The Morgan fingerprint density at radius 1 is 1.42 bits per heavy atom. The number of nitrogens with two attached hydrogens (primary N) is 1. The molecule has 1 saturated heterocycles. The largest absolute Gasteiger partial charge is 0.393 e. The molecule has 134 valence electrons. The third-order valence-electron chi connectivity index (χ3n) is 4.28. The van der Waals surface area contributed by atoms with E-state index in [4.69, 9.17) is 5.14 Å². The Balaban J connectivity index is 1.83. The Hall–Kier alpha value is -1.48. The first-order chi connectivity index (χ1) is 11.3. The van der Waals surface area contributed by atoms with Crippen molar-refractivity contribution in [3.63, 3.8) is 0 Å². The summed E-state index contributed by atoms with van der Waals surface area (Å²) in [7, 11) is -3.73. The molecule has 1 amide bonds. The van der Waals surface area contributed by atoms with Crippen molar-refractivity contribution in [2.75, 3.05) is 13.1 Å². The highest BCUT2D eigenvalue weighted by Gasteiger charge is 2.22. The first kappa shape index (κ1) is 18.9. The van der Waals surface area contributed by atoms with Crippen LogP contribution in [-0.4, -0.2) is 49.7 Å². The van der Waals surface area contributed by atoms with Crippen LogP contribution < -0.4 is 10.5 Å². The Bertz CT molecular complexity index is 670. The van der Waals surface area contributed by atoms with E-state index in [-0.39, 0.29) is 29.5 Å². The molecule has 24 heavy (non-hydrogen) atoms. The number of amides is 1. The number of aryl methyl sites for hydroxylation is 1. The maximum Gasteiger partial charge on any atom is 0.238 e. The first-order valence-corrected chi connectivity index (χ1v) is 9.63. The van der Waals surface area contributed by atoms with E-state index in [2.05, 4.69) is 10.2 Å². The van der Waals surface area contributed by atoms with Gasteiger partial charge in [0.2, 0.25) is 15.9 Å². The van der Waals surface area contributed by atoms with Crippen molar-refractivity contribution >= 4 is 15.9 Å². The summed E-state index contributed by atoms with van der Waals surface area (Å²) >= 11 is 0. The molecule has 1 heterocycles. The van der Waals surface area contributed by atoms with E-state index in [0.29, 0.717) is 6.42 Å². The molecule has 1 aliphatic rings. The number of nitrogens with zero attached hydrogens (tertiary/aromatic N) is 1. The predicted molar refractivity (Wildman–Crippen MR) is 90.6 cm³/mol. The summed E-state index contributed by atoms with van der Waals surface area (Å²) in [6.45, 7) is 3.45. The van der Waals surface area contributed by atoms with Crippen molar-refractivity contribution in [3.05, 3.63) is 29.8 Å². The summed E-state index contributed by atoms with van der Waals surface area (Å²) in [5.41, 5.74) is 0.755. The average molecular weight is 355 g/mol. The molecule has 0 aliphatic carbocycles. The van der Waals surface area contributed by atoms with E-state index in [1.807, 2.05) is 6.92 Å². The van der Waals surface area contributed by atoms with Gasteiger partial charge in [-0.3, -0.25) is 9.69 Å². The second kappa shape index (κ2) is 8.06. The summed E-state index contributed by atoms with van der Waals surface area (Å²) in [6.07, 6.45) is 1.84. The van der Waals surface area contributed by atoms with Gasteiger partial charge in [0.15, 0.2) is 0 Å². The number of aliphatic hydroxyl groups excluding tert-OH is 1. The number of carbonyl (C=O) groups excluding carboxylic acids is 1. The maximum absolute atomic E-state index is 12.1. The zero-order valence-electron chi connectivity index (χ0n) is 13.8. The molecule has 7 nitrogen and oxygen atoms in total. The van der Waals surface area contributed by atoms with Gasteiger partial charge in [-0.1, -0.05) is 12.1 Å². The molecule has 0 bridgehead atoms. The van der Waals surface area contributed by atoms with Gasteiger partial charge in [-0.2, -0.15) is 0 Å². The van der Waals surface area contributed by atoms with Crippen LogP contribution >= 0.6 is 0 Å². The lowest BCUT2D eigenvalue weighted by atomic mass is 10.1. The number of aliphatic hydroxyl groups is 1. The molecule has 0 spiro atoms. The predicted octanol–water partition coefficient (Wildman–Crippen LogP) is 0.186. The van der Waals surface area contributed by atoms with Gasteiger partial charge in [0.1, 0.15) is 0 Å². The molecular weight excluding hydrogens is 330 g/mol. The Morgan fingerprint density at radius 2 is 2.08 bits per heavy atom. The van der Waals surface area contributed by atoms with Crippen LogP contribution in [0.3, 0.4) is 0 Å². The minimum atomic E-state index is -3.73. The molecule has 1 aliphatic heterocycles. The lowest BCUT2D eigenvalue weighted by Crippen LogP contribution is -2.50. The smallest absolute Gasteiger partial charge is 0.238 e. The quantitative estimate of drug-likeness (QED) is 0.674. The second-order valence-corrected chi connectivity index (χ2v) is 7.76. The molecular formula is C16H25N3O4S. The van der Waals surface area contributed by atoms with Crippen molar-refractivity contribution < 1.29 is 18.3 Å². The number of piperidine rings is 1. The Labute approximate surface area is 142 Å². The lowest BCUT2D eigenvalue weighted by molar-refractivity contribution is -0.123. The number of sulfonamides is 1. The fourth-order valence-corrected chi connectivity index (χ4v) is 3.39. The monoisotopic (exact) mass is 355 g/mol. The van der Waals surface area contributed by atoms with E-state index in [1.165, 1.54) is 12.1 Å². The van der Waals surface area contributed by atoms with Crippen molar-refractivity contribution in [1.82, 2.24) is 10.2 Å². The van der Waals surface area contributed by atoms with Crippen LogP contribution in [0.2, 0.25) is 0 Å². The molecule has 1 aromatic rings. The van der Waals surface area contributed by atoms with Gasteiger partial charge in [-0.25, -0.2) is 13.6 Å². The number of benzene rings is 1. The average Bonchev–Trinajstić information content (AvgIpc) is 2.53. The lowest BCUT2D eigenvalue weighted by Gasteiger charge is -2.34. The minimum Gasteiger partial charge on any atom is -0.393 e. The number of hydrogen-bond acceptors (Lipinski definition) is 5. The molecule has 1 atom stereocenters. The van der Waals surface area contributed by atoms with Crippen LogP contribution in [0.4, 0.5) is 0 Å². The number of nitrogens with one attached hydrogen (secondary N) is 1. The van der Waals surface area contributed by atoms with Crippen LogP contribution in [0.25, 0.3) is 0 Å². The molecule has 2 rings (SSSR count).